The van der Waals surface area contributed by atoms with Crippen LogP contribution in [0.3, 0.4) is 0 Å². The molecule has 4 heteroatoms. The molecule has 0 saturated heterocycles. The predicted molar refractivity (Wildman–Crippen MR) is 75.1 cm³/mol. The van der Waals surface area contributed by atoms with Crippen LogP contribution in [0.5, 0.6) is 0 Å². The number of nitrogens with zero attached hydrogens (tertiary/aromatic N) is 1. The third-order valence-corrected chi connectivity index (χ3v) is 5.34. The van der Waals surface area contributed by atoms with Crippen molar-refractivity contribution in [1.82, 2.24) is 0 Å². The first-order valence-electron chi connectivity index (χ1n) is 5.56. The van der Waals surface area contributed by atoms with Crippen LogP contribution in [0.1, 0.15) is 12.5 Å². The number of rotatable bonds is 1. The van der Waals surface area contributed by atoms with Gasteiger partial charge in [0.1, 0.15) is 0 Å². The van der Waals surface area contributed by atoms with Gasteiger partial charge in [-0.2, -0.15) is 0 Å². The van der Waals surface area contributed by atoms with E-state index in [2.05, 4.69) is 41.6 Å². The molecule has 0 unspecified atom stereocenters. The van der Waals surface area contributed by atoms with Gasteiger partial charge in [-0.05, 0) is 31.2 Å². The molecule has 18 heavy (non-hydrogen) atoms. The van der Waals surface area contributed by atoms with E-state index in [0.29, 0.717) is 5.71 Å². The lowest BCUT2D eigenvalue weighted by molar-refractivity contribution is 0.319. The molecule has 2 nitrogen and oxygen atoms in total. The van der Waals surface area contributed by atoms with Gasteiger partial charge >= 0.3 is 0 Å². The highest BCUT2D eigenvalue weighted by atomic mass is 32.2. The zero-order chi connectivity index (χ0) is 12.5. The van der Waals surface area contributed by atoms with E-state index >= 15 is 0 Å². The maximum Gasteiger partial charge on any atom is 0.0837 e. The van der Waals surface area contributed by atoms with Gasteiger partial charge < -0.3 is 5.21 Å². The number of hydrogen-bond acceptors (Lipinski definition) is 4. The molecule has 0 bridgehead atoms. The highest BCUT2D eigenvalue weighted by Crippen LogP contribution is 2.48. The maximum atomic E-state index is 8.83. The van der Waals surface area contributed by atoms with Crippen molar-refractivity contribution in [3.63, 3.8) is 0 Å². The Balaban J connectivity index is 2.03. The molecule has 0 fully saturated rings. The summed E-state index contributed by atoms with van der Waals surface area (Å²) in [5, 5.41) is 12.1. The number of fused-ring (bicyclic) bond motifs is 2. The zero-order valence-electron chi connectivity index (χ0n) is 9.75. The number of hydrogen-bond donors (Lipinski definition) is 1. The molecule has 0 amide bonds. The van der Waals surface area contributed by atoms with Gasteiger partial charge in [0.2, 0.25) is 0 Å². The van der Waals surface area contributed by atoms with Crippen molar-refractivity contribution in [3.8, 4) is 0 Å². The lowest BCUT2D eigenvalue weighted by atomic mass is 10.1. The van der Waals surface area contributed by atoms with E-state index < -0.39 is 0 Å². The van der Waals surface area contributed by atoms with E-state index in [1.165, 1.54) is 19.6 Å². The molecular formula is C14H11NOS2. The molecule has 0 saturated carbocycles. The molecule has 2 aromatic rings. The third kappa shape index (κ3) is 2.02. The molecule has 0 aromatic heterocycles. The summed E-state index contributed by atoms with van der Waals surface area (Å²) in [6.07, 6.45) is 0. The maximum absolute atomic E-state index is 8.83. The first-order valence-corrected chi connectivity index (χ1v) is 7.19. The summed E-state index contributed by atoms with van der Waals surface area (Å²) < 4.78 is 0. The van der Waals surface area contributed by atoms with Gasteiger partial charge in [-0.1, -0.05) is 46.9 Å². The summed E-state index contributed by atoms with van der Waals surface area (Å²) in [6.45, 7) is 1.80. The minimum atomic E-state index is 0.641. The van der Waals surface area contributed by atoms with E-state index in [4.69, 9.17) is 5.21 Å². The van der Waals surface area contributed by atoms with Crippen molar-refractivity contribution in [3.05, 3.63) is 48.0 Å². The van der Waals surface area contributed by atoms with Gasteiger partial charge in [-0.3, -0.25) is 0 Å². The number of benzene rings is 2. The minimum absolute atomic E-state index is 0.641. The van der Waals surface area contributed by atoms with E-state index in [9.17, 15) is 0 Å². The Bertz CT molecular complexity index is 637. The second kappa shape index (κ2) is 4.71. The predicted octanol–water partition coefficient (Wildman–Crippen LogP) is 4.50. The van der Waals surface area contributed by atoms with Crippen molar-refractivity contribution in [2.45, 2.75) is 26.5 Å². The Kier molecular flexibility index (Phi) is 3.06. The SMILES string of the molecule is C/C(=N\O)c1ccc2c(c1)Sc1ccccc1S2. The molecule has 90 valence electrons. The minimum Gasteiger partial charge on any atom is -0.411 e. The smallest absolute Gasteiger partial charge is 0.0837 e. The monoisotopic (exact) mass is 273 g/mol. The van der Waals surface area contributed by atoms with E-state index in [0.717, 1.165) is 5.56 Å². The van der Waals surface area contributed by atoms with Gasteiger partial charge in [0.25, 0.3) is 0 Å². The molecule has 3 rings (SSSR count). The summed E-state index contributed by atoms with van der Waals surface area (Å²) in [4.78, 5) is 5.06. The van der Waals surface area contributed by atoms with Crippen LogP contribution in [0.25, 0.3) is 0 Å². The van der Waals surface area contributed by atoms with Gasteiger partial charge in [0.05, 0.1) is 5.71 Å². The Hall–Kier alpha value is -1.39. The second-order valence-electron chi connectivity index (χ2n) is 4.00. The van der Waals surface area contributed by atoms with Gasteiger partial charge in [0, 0.05) is 25.1 Å². The average molecular weight is 273 g/mol. The van der Waals surface area contributed by atoms with Crippen molar-refractivity contribution < 1.29 is 5.21 Å². The molecule has 2 aromatic carbocycles. The van der Waals surface area contributed by atoms with Crippen LogP contribution in [0.15, 0.2) is 67.2 Å². The van der Waals surface area contributed by atoms with Crippen LogP contribution < -0.4 is 0 Å². The van der Waals surface area contributed by atoms with Crippen LogP contribution in [0, 0.1) is 0 Å². The molecule has 0 spiro atoms. The van der Waals surface area contributed by atoms with Crippen LogP contribution >= 0.6 is 23.5 Å². The Morgan fingerprint density at radius 3 is 2.22 bits per heavy atom. The summed E-state index contributed by atoms with van der Waals surface area (Å²) in [5.41, 5.74) is 1.60. The van der Waals surface area contributed by atoms with Gasteiger partial charge in [-0.25, -0.2) is 0 Å². The summed E-state index contributed by atoms with van der Waals surface area (Å²) in [7, 11) is 0. The standard InChI is InChI=1S/C14H11NOS2/c1-9(15-16)10-6-7-13-14(8-10)18-12-5-3-2-4-11(12)17-13/h2-8,16H,1H3/b15-9+. The second-order valence-corrected chi connectivity index (χ2v) is 6.17. The van der Waals surface area contributed by atoms with Crippen LogP contribution in [-0.4, -0.2) is 10.9 Å². The van der Waals surface area contributed by atoms with E-state index in [1.54, 1.807) is 30.4 Å². The quantitative estimate of drug-likeness (QED) is 0.402. The van der Waals surface area contributed by atoms with Gasteiger partial charge in [0.15, 0.2) is 0 Å². The average Bonchev–Trinajstić information content (AvgIpc) is 2.43. The van der Waals surface area contributed by atoms with Crippen molar-refractivity contribution >= 4 is 29.2 Å². The fourth-order valence-electron chi connectivity index (χ4n) is 1.81. The third-order valence-electron chi connectivity index (χ3n) is 2.80. The lowest BCUT2D eigenvalue weighted by Crippen LogP contribution is -1.97. The Morgan fingerprint density at radius 1 is 0.944 bits per heavy atom. The topological polar surface area (TPSA) is 32.6 Å². The molecule has 1 aliphatic rings. The molecule has 0 atom stereocenters. The summed E-state index contributed by atoms with van der Waals surface area (Å²) in [5.74, 6) is 0. The van der Waals surface area contributed by atoms with Crippen molar-refractivity contribution in [1.29, 1.82) is 0 Å². The summed E-state index contributed by atoms with van der Waals surface area (Å²) >= 11 is 3.55. The van der Waals surface area contributed by atoms with E-state index in [1.807, 2.05) is 6.07 Å². The summed E-state index contributed by atoms with van der Waals surface area (Å²) in [6, 6.07) is 14.6. The van der Waals surface area contributed by atoms with Crippen molar-refractivity contribution in [2.75, 3.05) is 0 Å². The van der Waals surface area contributed by atoms with Crippen LogP contribution in [0.2, 0.25) is 0 Å². The fraction of sp³-hybridized carbons (Fsp3) is 0.0714. The molecule has 1 heterocycles. The van der Waals surface area contributed by atoms with Gasteiger partial charge in [-0.15, -0.1) is 0 Å². The lowest BCUT2D eigenvalue weighted by Gasteiger charge is -2.18. The molecule has 0 radical (unpaired) electrons. The molecule has 1 aliphatic heterocycles. The first kappa shape index (κ1) is 11.7. The zero-order valence-corrected chi connectivity index (χ0v) is 11.4. The Morgan fingerprint density at radius 2 is 1.56 bits per heavy atom. The fourth-order valence-corrected chi connectivity index (χ4v) is 4.07. The van der Waals surface area contributed by atoms with E-state index in [-0.39, 0.29) is 0 Å². The number of oxime groups is 1. The molecule has 0 aliphatic carbocycles. The highest BCUT2D eigenvalue weighted by molar-refractivity contribution is 8.05. The normalized spacial score (nSPS) is 13.9. The molecule has 1 N–H and O–H groups in total. The largest absolute Gasteiger partial charge is 0.411 e. The van der Waals surface area contributed by atoms with Crippen LogP contribution in [-0.2, 0) is 0 Å². The van der Waals surface area contributed by atoms with Crippen molar-refractivity contribution in [2.24, 2.45) is 5.16 Å². The highest BCUT2D eigenvalue weighted by Gasteiger charge is 2.17. The first-order chi connectivity index (χ1) is 8.78. The van der Waals surface area contributed by atoms with Crippen LogP contribution in [0.4, 0.5) is 0 Å². The molecular weight excluding hydrogens is 262 g/mol. The Labute approximate surface area is 114 Å².